The molecular formula is C22H22N2O5S. The number of phenolic OH excluding ortho intramolecular Hbond substituents is 1. The summed E-state index contributed by atoms with van der Waals surface area (Å²) in [6.07, 6.45) is 5.95. The van der Waals surface area contributed by atoms with Gasteiger partial charge in [0, 0.05) is 10.3 Å². The van der Waals surface area contributed by atoms with Crippen LogP contribution in [0.5, 0.6) is 5.75 Å². The summed E-state index contributed by atoms with van der Waals surface area (Å²) in [5.41, 5.74) is 1.17. The van der Waals surface area contributed by atoms with E-state index in [-0.39, 0.29) is 22.5 Å². The molecule has 3 N–H and O–H groups in total. The highest BCUT2D eigenvalue weighted by Crippen LogP contribution is 2.37. The number of carbonyl (C=O) groups excluding carboxylic acids is 2. The van der Waals surface area contributed by atoms with Crippen molar-refractivity contribution in [2.75, 3.05) is 12.4 Å². The monoisotopic (exact) mass is 426 g/mol. The Bertz CT molecular complexity index is 1190. The molecule has 2 heterocycles. The molecule has 0 unspecified atom stereocenters. The standard InChI is InChI=1S/C22H22N2O5S/c1-28-22(27)17-13-8-4-2-3-5-10-16(13)30-21(17)24-20(26)14-11-12-7-6-9-15(25)18(12)29-19(14)23/h6-7,9,11,23,25H,2-5,8,10H2,1H3,(H,24,26). The van der Waals surface area contributed by atoms with E-state index in [2.05, 4.69) is 5.32 Å². The van der Waals surface area contributed by atoms with Gasteiger partial charge in [-0.2, -0.15) is 0 Å². The van der Waals surface area contributed by atoms with Crippen LogP contribution in [0.15, 0.2) is 28.7 Å². The van der Waals surface area contributed by atoms with Crippen molar-refractivity contribution in [2.45, 2.75) is 38.5 Å². The van der Waals surface area contributed by atoms with Gasteiger partial charge in [0.05, 0.1) is 12.7 Å². The predicted octanol–water partition coefficient (Wildman–Crippen LogP) is 4.38. The van der Waals surface area contributed by atoms with E-state index in [0.29, 0.717) is 16.0 Å². The molecule has 1 aromatic carbocycles. The van der Waals surface area contributed by atoms with Crippen molar-refractivity contribution in [3.05, 3.63) is 51.4 Å². The van der Waals surface area contributed by atoms with E-state index in [9.17, 15) is 14.7 Å². The number of anilines is 1. The molecule has 0 saturated heterocycles. The molecule has 2 aromatic heterocycles. The Labute approximate surface area is 176 Å². The van der Waals surface area contributed by atoms with Gasteiger partial charge in [0.25, 0.3) is 5.91 Å². The van der Waals surface area contributed by atoms with Crippen LogP contribution in [0.2, 0.25) is 0 Å². The molecule has 0 aliphatic heterocycles. The van der Waals surface area contributed by atoms with E-state index in [1.807, 2.05) is 0 Å². The average Bonchev–Trinajstić information content (AvgIpc) is 3.03. The third kappa shape index (κ3) is 3.70. The third-order valence-electron chi connectivity index (χ3n) is 5.31. The largest absolute Gasteiger partial charge is 0.504 e. The van der Waals surface area contributed by atoms with Crippen LogP contribution in [0, 0.1) is 5.41 Å². The topological polar surface area (TPSA) is 113 Å². The molecule has 1 aliphatic rings. The fourth-order valence-electron chi connectivity index (χ4n) is 3.81. The maximum Gasteiger partial charge on any atom is 0.341 e. The molecule has 0 saturated carbocycles. The predicted molar refractivity (Wildman–Crippen MR) is 113 cm³/mol. The average molecular weight is 426 g/mol. The van der Waals surface area contributed by atoms with E-state index in [0.717, 1.165) is 49.0 Å². The molecule has 0 fully saturated rings. The van der Waals surface area contributed by atoms with Gasteiger partial charge in [0.15, 0.2) is 11.3 Å². The number of phenols is 1. The molecule has 0 bridgehead atoms. The normalized spacial score (nSPS) is 13.9. The van der Waals surface area contributed by atoms with Gasteiger partial charge in [-0.05, 0) is 43.4 Å². The van der Waals surface area contributed by atoms with Crippen LogP contribution in [-0.4, -0.2) is 24.1 Å². The van der Waals surface area contributed by atoms with Crippen molar-refractivity contribution >= 4 is 39.2 Å². The van der Waals surface area contributed by atoms with Crippen molar-refractivity contribution in [1.82, 2.24) is 0 Å². The second-order valence-electron chi connectivity index (χ2n) is 7.25. The molecule has 156 valence electrons. The molecular weight excluding hydrogens is 404 g/mol. The first-order valence-electron chi connectivity index (χ1n) is 9.84. The minimum atomic E-state index is -0.548. The maximum atomic E-state index is 13.0. The highest BCUT2D eigenvalue weighted by molar-refractivity contribution is 7.17. The number of hydrogen-bond donors (Lipinski definition) is 3. The van der Waals surface area contributed by atoms with E-state index >= 15 is 0 Å². The number of carbonyl (C=O) groups is 2. The number of amides is 1. The van der Waals surface area contributed by atoms with Crippen LogP contribution in [0.25, 0.3) is 11.0 Å². The summed E-state index contributed by atoms with van der Waals surface area (Å²) in [5, 5.41) is 21.7. The highest BCUT2D eigenvalue weighted by atomic mass is 32.1. The number of methoxy groups -OCH3 is 1. The lowest BCUT2D eigenvalue weighted by atomic mass is 9.96. The number of rotatable bonds is 3. The van der Waals surface area contributed by atoms with Crippen molar-refractivity contribution in [3.8, 4) is 5.75 Å². The summed E-state index contributed by atoms with van der Waals surface area (Å²) in [6.45, 7) is 0. The van der Waals surface area contributed by atoms with Gasteiger partial charge in [0.2, 0.25) is 5.55 Å². The van der Waals surface area contributed by atoms with Crippen LogP contribution in [0.1, 0.15) is 56.8 Å². The number of benzene rings is 1. The smallest absolute Gasteiger partial charge is 0.341 e. The zero-order valence-electron chi connectivity index (χ0n) is 16.5. The first-order chi connectivity index (χ1) is 14.5. The quantitative estimate of drug-likeness (QED) is 0.538. The number of esters is 1. The Hall–Kier alpha value is -3.13. The Morgan fingerprint density at radius 2 is 1.97 bits per heavy atom. The summed E-state index contributed by atoms with van der Waals surface area (Å²) in [4.78, 5) is 26.6. The van der Waals surface area contributed by atoms with E-state index in [1.165, 1.54) is 30.6 Å². The molecule has 7 nitrogen and oxygen atoms in total. The van der Waals surface area contributed by atoms with Gasteiger partial charge in [0.1, 0.15) is 10.6 Å². The van der Waals surface area contributed by atoms with Gasteiger partial charge < -0.3 is 19.6 Å². The summed E-state index contributed by atoms with van der Waals surface area (Å²) in [5.74, 6) is -1.12. The van der Waals surface area contributed by atoms with Crippen molar-refractivity contribution in [1.29, 1.82) is 5.41 Å². The molecule has 8 heteroatoms. The van der Waals surface area contributed by atoms with Gasteiger partial charge in [-0.1, -0.05) is 25.0 Å². The molecule has 1 aliphatic carbocycles. The van der Waals surface area contributed by atoms with E-state index in [1.54, 1.807) is 12.1 Å². The maximum absolute atomic E-state index is 13.0. The molecule has 30 heavy (non-hydrogen) atoms. The Kier molecular flexibility index (Phi) is 5.59. The Morgan fingerprint density at radius 3 is 2.73 bits per heavy atom. The van der Waals surface area contributed by atoms with Gasteiger partial charge in [-0.15, -0.1) is 11.3 Å². The second-order valence-corrected chi connectivity index (χ2v) is 8.36. The summed E-state index contributed by atoms with van der Waals surface area (Å²) >= 11 is 1.40. The van der Waals surface area contributed by atoms with Crippen LogP contribution in [0.3, 0.4) is 0 Å². The van der Waals surface area contributed by atoms with Crippen LogP contribution >= 0.6 is 11.3 Å². The van der Waals surface area contributed by atoms with Crippen LogP contribution in [-0.2, 0) is 17.6 Å². The van der Waals surface area contributed by atoms with Gasteiger partial charge in [-0.3, -0.25) is 10.2 Å². The first-order valence-corrected chi connectivity index (χ1v) is 10.7. The zero-order valence-corrected chi connectivity index (χ0v) is 17.4. The number of aromatic hydroxyl groups is 1. The fraction of sp³-hybridized carbons (Fsp3) is 0.318. The third-order valence-corrected chi connectivity index (χ3v) is 6.51. The number of ether oxygens (including phenoxy) is 1. The second kappa shape index (κ2) is 8.31. The summed E-state index contributed by atoms with van der Waals surface area (Å²) < 4.78 is 10.4. The van der Waals surface area contributed by atoms with E-state index in [4.69, 9.17) is 14.6 Å². The molecule has 4 rings (SSSR count). The fourth-order valence-corrected chi connectivity index (χ4v) is 5.08. The number of hydrogen-bond acceptors (Lipinski definition) is 7. The Morgan fingerprint density at radius 1 is 1.20 bits per heavy atom. The molecule has 0 atom stereocenters. The zero-order chi connectivity index (χ0) is 21.3. The van der Waals surface area contributed by atoms with Crippen LogP contribution < -0.4 is 10.9 Å². The molecule has 1 amide bonds. The summed E-state index contributed by atoms with van der Waals surface area (Å²) in [6, 6.07) is 6.27. The lowest BCUT2D eigenvalue weighted by Crippen LogP contribution is -2.21. The molecule has 0 spiro atoms. The van der Waals surface area contributed by atoms with Crippen LogP contribution in [0.4, 0.5) is 5.00 Å². The minimum absolute atomic E-state index is 0.0183. The Balaban J connectivity index is 1.73. The number of para-hydroxylation sites is 1. The lowest BCUT2D eigenvalue weighted by molar-refractivity contribution is 0.0601. The summed E-state index contributed by atoms with van der Waals surface area (Å²) in [7, 11) is 1.33. The minimum Gasteiger partial charge on any atom is -0.504 e. The molecule has 0 radical (unpaired) electrons. The number of thiophene rings is 1. The molecule has 3 aromatic rings. The highest BCUT2D eigenvalue weighted by Gasteiger charge is 2.26. The number of aryl methyl sites for hydroxylation is 1. The van der Waals surface area contributed by atoms with Crippen molar-refractivity contribution in [2.24, 2.45) is 0 Å². The van der Waals surface area contributed by atoms with Gasteiger partial charge >= 0.3 is 5.97 Å². The number of fused-ring (bicyclic) bond motifs is 2. The SMILES string of the molecule is COC(=O)c1c(NC(=O)c2cc3cccc(O)c3oc2=N)sc2c1CCCCCC2. The lowest BCUT2D eigenvalue weighted by Gasteiger charge is -2.11. The van der Waals surface area contributed by atoms with Gasteiger partial charge in [-0.25, -0.2) is 4.79 Å². The van der Waals surface area contributed by atoms with Crippen molar-refractivity contribution < 1.29 is 23.8 Å². The number of nitrogens with one attached hydrogen (secondary N) is 2. The van der Waals surface area contributed by atoms with E-state index < -0.39 is 11.9 Å². The first kappa shape index (κ1) is 20.2. The van der Waals surface area contributed by atoms with Crippen molar-refractivity contribution in [3.63, 3.8) is 0 Å².